The third-order valence-corrected chi connectivity index (χ3v) is 3.86. The highest BCUT2D eigenvalue weighted by Crippen LogP contribution is 2.23. The number of hydrogen-bond donors (Lipinski definition) is 2. The molecule has 0 bridgehead atoms. The molecule has 0 aromatic heterocycles. The Labute approximate surface area is 125 Å². The zero-order valence-corrected chi connectivity index (χ0v) is 12.6. The van der Waals surface area contributed by atoms with Crippen molar-refractivity contribution in [3.8, 4) is 0 Å². The highest BCUT2D eigenvalue weighted by Gasteiger charge is 2.32. The zero-order chi connectivity index (χ0) is 14.9. The van der Waals surface area contributed by atoms with Crippen molar-refractivity contribution in [1.29, 1.82) is 0 Å². The molecule has 2 heterocycles. The molecule has 3 rings (SSSR count). The Morgan fingerprint density at radius 2 is 2.33 bits per heavy atom. The number of rotatable bonds is 3. The van der Waals surface area contributed by atoms with Gasteiger partial charge in [-0.25, -0.2) is 0 Å². The zero-order valence-electron chi connectivity index (χ0n) is 12.6. The molecule has 0 radical (unpaired) electrons. The van der Waals surface area contributed by atoms with Crippen molar-refractivity contribution in [1.82, 2.24) is 5.32 Å². The van der Waals surface area contributed by atoms with Crippen molar-refractivity contribution in [2.75, 3.05) is 25.0 Å². The number of fused-ring (bicyclic) bond motifs is 1. The molecule has 2 N–H and O–H groups in total. The molecule has 5 heteroatoms. The standard InChI is InChI=1S/C16H22N2O3/c1-16(2)20-10-13(21-16)9-18-15(19)12-5-6-14-11(8-12)4-3-7-17-14/h5-6,8,13,17H,3-4,7,9-10H2,1-2H3,(H,18,19). The van der Waals surface area contributed by atoms with Crippen LogP contribution in [-0.2, 0) is 15.9 Å². The van der Waals surface area contributed by atoms with Gasteiger partial charge in [0.25, 0.3) is 5.91 Å². The molecule has 1 amide bonds. The van der Waals surface area contributed by atoms with Crippen LogP contribution in [0.1, 0.15) is 36.2 Å². The van der Waals surface area contributed by atoms with Crippen LogP contribution in [0.3, 0.4) is 0 Å². The SMILES string of the molecule is CC1(C)OCC(CNC(=O)c2ccc3c(c2)CCCN3)O1. The third-order valence-electron chi connectivity index (χ3n) is 3.86. The highest BCUT2D eigenvalue weighted by atomic mass is 16.7. The second-order valence-corrected chi connectivity index (χ2v) is 6.06. The summed E-state index contributed by atoms with van der Waals surface area (Å²) in [6, 6.07) is 5.83. The minimum Gasteiger partial charge on any atom is -0.385 e. The fraction of sp³-hybridized carbons (Fsp3) is 0.562. The number of anilines is 1. The van der Waals surface area contributed by atoms with E-state index in [1.165, 1.54) is 5.56 Å². The van der Waals surface area contributed by atoms with Gasteiger partial charge in [0, 0.05) is 24.3 Å². The molecular weight excluding hydrogens is 268 g/mol. The second-order valence-electron chi connectivity index (χ2n) is 6.06. The topological polar surface area (TPSA) is 59.6 Å². The number of aryl methyl sites for hydroxylation is 1. The lowest BCUT2D eigenvalue weighted by Gasteiger charge is -2.19. The number of carbonyl (C=O) groups excluding carboxylic acids is 1. The van der Waals surface area contributed by atoms with E-state index in [1.807, 2.05) is 32.0 Å². The Morgan fingerprint density at radius 1 is 1.48 bits per heavy atom. The first-order chi connectivity index (χ1) is 10.0. The monoisotopic (exact) mass is 290 g/mol. The molecule has 2 aliphatic heterocycles. The van der Waals surface area contributed by atoms with E-state index in [2.05, 4.69) is 10.6 Å². The van der Waals surface area contributed by atoms with Gasteiger partial charge in [0.05, 0.1) is 6.61 Å². The van der Waals surface area contributed by atoms with Gasteiger partial charge in [-0.2, -0.15) is 0 Å². The van der Waals surface area contributed by atoms with Crippen LogP contribution in [0.25, 0.3) is 0 Å². The van der Waals surface area contributed by atoms with Crippen LogP contribution in [-0.4, -0.2) is 37.5 Å². The number of hydrogen-bond acceptors (Lipinski definition) is 4. The summed E-state index contributed by atoms with van der Waals surface area (Å²) in [5.74, 6) is -0.607. The summed E-state index contributed by atoms with van der Waals surface area (Å²) in [6.45, 7) is 5.75. The van der Waals surface area contributed by atoms with Crippen LogP contribution in [0.2, 0.25) is 0 Å². The van der Waals surface area contributed by atoms with Crippen LogP contribution in [0.15, 0.2) is 18.2 Å². The number of carbonyl (C=O) groups is 1. The van der Waals surface area contributed by atoms with Crippen molar-refractivity contribution in [2.45, 2.75) is 38.6 Å². The van der Waals surface area contributed by atoms with Crippen molar-refractivity contribution in [2.24, 2.45) is 0 Å². The van der Waals surface area contributed by atoms with Crippen LogP contribution < -0.4 is 10.6 Å². The van der Waals surface area contributed by atoms with E-state index in [0.717, 1.165) is 25.1 Å². The maximum Gasteiger partial charge on any atom is 0.251 e. The van der Waals surface area contributed by atoms with Gasteiger partial charge < -0.3 is 20.1 Å². The fourth-order valence-electron chi connectivity index (χ4n) is 2.79. The average Bonchev–Trinajstić information content (AvgIpc) is 2.83. The predicted molar refractivity (Wildman–Crippen MR) is 80.5 cm³/mol. The summed E-state index contributed by atoms with van der Waals surface area (Å²) in [7, 11) is 0. The lowest BCUT2D eigenvalue weighted by molar-refractivity contribution is -0.137. The molecule has 1 atom stereocenters. The summed E-state index contributed by atoms with van der Waals surface area (Å²) in [4.78, 5) is 12.2. The summed E-state index contributed by atoms with van der Waals surface area (Å²) in [5.41, 5.74) is 3.07. The van der Waals surface area contributed by atoms with E-state index in [1.54, 1.807) is 0 Å². The summed E-state index contributed by atoms with van der Waals surface area (Å²) in [6.07, 6.45) is 2.06. The minimum atomic E-state index is -0.549. The molecule has 21 heavy (non-hydrogen) atoms. The molecule has 1 fully saturated rings. The predicted octanol–water partition coefficient (Wildman–Crippen LogP) is 1.93. The number of nitrogens with one attached hydrogen (secondary N) is 2. The van der Waals surface area contributed by atoms with Gasteiger partial charge in [-0.3, -0.25) is 4.79 Å². The Morgan fingerprint density at radius 3 is 3.10 bits per heavy atom. The van der Waals surface area contributed by atoms with Crippen molar-refractivity contribution < 1.29 is 14.3 Å². The average molecular weight is 290 g/mol. The molecule has 1 aromatic carbocycles. The van der Waals surface area contributed by atoms with E-state index in [0.29, 0.717) is 18.7 Å². The van der Waals surface area contributed by atoms with Crippen molar-refractivity contribution in [3.05, 3.63) is 29.3 Å². The van der Waals surface area contributed by atoms with Gasteiger partial charge in [0.2, 0.25) is 0 Å². The van der Waals surface area contributed by atoms with E-state index in [9.17, 15) is 4.79 Å². The Bertz CT molecular complexity index is 542. The van der Waals surface area contributed by atoms with Crippen LogP contribution in [0.4, 0.5) is 5.69 Å². The molecule has 1 unspecified atom stereocenters. The Hall–Kier alpha value is -1.59. The molecular formula is C16H22N2O3. The maximum atomic E-state index is 12.2. The molecule has 0 saturated carbocycles. The second kappa shape index (κ2) is 5.66. The summed E-state index contributed by atoms with van der Waals surface area (Å²) >= 11 is 0. The smallest absolute Gasteiger partial charge is 0.251 e. The number of benzene rings is 1. The van der Waals surface area contributed by atoms with E-state index >= 15 is 0 Å². The molecule has 0 spiro atoms. The lowest BCUT2D eigenvalue weighted by atomic mass is 10.0. The third kappa shape index (κ3) is 3.36. The van der Waals surface area contributed by atoms with Gasteiger partial charge in [-0.15, -0.1) is 0 Å². The van der Waals surface area contributed by atoms with Crippen LogP contribution >= 0.6 is 0 Å². The van der Waals surface area contributed by atoms with E-state index < -0.39 is 5.79 Å². The lowest BCUT2D eigenvalue weighted by Crippen LogP contribution is -2.34. The molecule has 0 aliphatic carbocycles. The summed E-state index contributed by atoms with van der Waals surface area (Å²) in [5, 5.41) is 6.27. The first kappa shape index (κ1) is 14.4. The van der Waals surface area contributed by atoms with Gasteiger partial charge in [0.15, 0.2) is 5.79 Å². The number of amides is 1. The largest absolute Gasteiger partial charge is 0.385 e. The Balaban J connectivity index is 1.58. The molecule has 114 valence electrons. The molecule has 1 aromatic rings. The first-order valence-corrected chi connectivity index (χ1v) is 7.50. The fourth-order valence-corrected chi connectivity index (χ4v) is 2.79. The minimum absolute atomic E-state index is 0.0586. The highest BCUT2D eigenvalue weighted by molar-refractivity contribution is 5.95. The van der Waals surface area contributed by atoms with Gasteiger partial charge >= 0.3 is 0 Å². The van der Waals surface area contributed by atoms with Crippen molar-refractivity contribution >= 4 is 11.6 Å². The number of ether oxygens (including phenoxy) is 2. The van der Waals surface area contributed by atoms with Gasteiger partial charge in [-0.05, 0) is 50.5 Å². The normalized spacial score (nSPS) is 23.2. The van der Waals surface area contributed by atoms with Gasteiger partial charge in [0.1, 0.15) is 6.10 Å². The summed E-state index contributed by atoms with van der Waals surface area (Å²) < 4.78 is 11.2. The molecule has 2 aliphatic rings. The quantitative estimate of drug-likeness (QED) is 0.893. The maximum absolute atomic E-state index is 12.2. The van der Waals surface area contributed by atoms with E-state index in [-0.39, 0.29) is 12.0 Å². The van der Waals surface area contributed by atoms with E-state index in [4.69, 9.17) is 9.47 Å². The van der Waals surface area contributed by atoms with Crippen LogP contribution in [0, 0.1) is 0 Å². The van der Waals surface area contributed by atoms with Crippen LogP contribution in [0.5, 0.6) is 0 Å². The molecule has 5 nitrogen and oxygen atoms in total. The van der Waals surface area contributed by atoms with Crippen molar-refractivity contribution in [3.63, 3.8) is 0 Å². The first-order valence-electron chi connectivity index (χ1n) is 7.50. The Kier molecular flexibility index (Phi) is 3.87. The molecule has 1 saturated heterocycles. The van der Waals surface area contributed by atoms with Gasteiger partial charge in [-0.1, -0.05) is 0 Å².